The van der Waals surface area contributed by atoms with Gasteiger partial charge in [-0.25, -0.2) is 9.18 Å². The number of ether oxygens (including phenoxy) is 1. The molecule has 0 heterocycles. The molecule has 1 amide bonds. The third kappa shape index (κ3) is 4.88. The maximum absolute atomic E-state index is 12.9. The molecule has 0 atom stereocenters. The molecule has 7 nitrogen and oxygen atoms in total. The van der Waals surface area contributed by atoms with Gasteiger partial charge in [0.15, 0.2) is 6.61 Å². The number of nitro groups is 1. The van der Waals surface area contributed by atoms with Crippen LogP contribution in [0.4, 0.5) is 15.8 Å². The smallest absolute Gasteiger partial charge is 0.340 e. The molecule has 0 aliphatic heterocycles. The Hall–Kier alpha value is -2.71. The third-order valence-electron chi connectivity index (χ3n) is 2.92. The summed E-state index contributed by atoms with van der Waals surface area (Å²) in [6, 6.07) is 6.57. The number of rotatable bonds is 5. The monoisotopic (exact) mass is 386 g/mol. The van der Waals surface area contributed by atoms with Crippen LogP contribution in [0.2, 0.25) is 10.0 Å². The van der Waals surface area contributed by atoms with Gasteiger partial charge in [-0.3, -0.25) is 14.9 Å². The Morgan fingerprint density at radius 3 is 2.48 bits per heavy atom. The summed E-state index contributed by atoms with van der Waals surface area (Å²) in [6.07, 6.45) is 0. The van der Waals surface area contributed by atoms with Gasteiger partial charge in [0.25, 0.3) is 11.6 Å². The molecule has 130 valence electrons. The lowest BCUT2D eigenvalue weighted by atomic mass is 10.2. The highest BCUT2D eigenvalue weighted by Gasteiger charge is 2.17. The minimum Gasteiger partial charge on any atom is -0.452 e. The zero-order chi connectivity index (χ0) is 18.6. The van der Waals surface area contributed by atoms with E-state index in [0.29, 0.717) is 0 Å². The van der Waals surface area contributed by atoms with Gasteiger partial charge in [0.1, 0.15) is 5.82 Å². The van der Waals surface area contributed by atoms with Gasteiger partial charge in [0, 0.05) is 12.1 Å². The lowest BCUT2D eigenvalue weighted by molar-refractivity contribution is -0.384. The van der Waals surface area contributed by atoms with Crippen molar-refractivity contribution >= 4 is 46.5 Å². The largest absolute Gasteiger partial charge is 0.452 e. The number of nitrogens with one attached hydrogen (secondary N) is 1. The number of carbonyl (C=O) groups is 2. The molecule has 0 saturated carbocycles. The lowest BCUT2D eigenvalue weighted by Gasteiger charge is -2.08. The zero-order valence-corrected chi connectivity index (χ0v) is 13.8. The van der Waals surface area contributed by atoms with Crippen molar-refractivity contribution in [2.75, 3.05) is 11.9 Å². The Bertz CT molecular complexity index is 860. The van der Waals surface area contributed by atoms with Crippen LogP contribution in [0.5, 0.6) is 0 Å². The summed E-state index contributed by atoms with van der Waals surface area (Å²) in [5, 5.41) is 12.8. The van der Waals surface area contributed by atoms with Gasteiger partial charge in [-0.1, -0.05) is 23.2 Å². The van der Waals surface area contributed by atoms with E-state index in [-0.39, 0.29) is 27.0 Å². The Morgan fingerprint density at radius 1 is 1.16 bits per heavy atom. The van der Waals surface area contributed by atoms with Crippen LogP contribution in [-0.4, -0.2) is 23.4 Å². The van der Waals surface area contributed by atoms with Gasteiger partial charge in [0.2, 0.25) is 0 Å². The van der Waals surface area contributed by atoms with Crippen LogP contribution < -0.4 is 5.32 Å². The molecule has 10 heteroatoms. The van der Waals surface area contributed by atoms with Crippen molar-refractivity contribution in [3.8, 4) is 0 Å². The van der Waals surface area contributed by atoms with Crippen molar-refractivity contribution < 1.29 is 23.6 Å². The van der Waals surface area contributed by atoms with E-state index in [9.17, 15) is 24.1 Å². The normalized spacial score (nSPS) is 10.2. The zero-order valence-electron chi connectivity index (χ0n) is 12.3. The van der Waals surface area contributed by atoms with Crippen molar-refractivity contribution in [1.82, 2.24) is 0 Å². The first-order chi connectivity index (χ1) is 11.8. The van der Waals surface area contributed by atoms with Crippen LogP contribution in [0.15, 0.2) is 36.4 Å². The molecule has 0 spiro atoms. The third-order valence-corrected chi connectivity index (χ3v) is 3.55. The number of non-ortho nitro benzene ring substituents is 1. The molecule has 0 saturated heterocycles. The number of hydrogen-bond acceptors (Lipinski definition) is 5. The second-order valence-corrected chi connectivity index (χ2v) is 5.48. The molecule has 0 fully saturated rings. The Labute approximate surface area is 150 Å². The molecule has 0 aliphatic carbocycles. The van der Waals surface area contributed by atoms with Crippen LogP contribution in [0.25, 0.3) is 0 Å². The highest BCUT2D eigenvalue weighted by molar-refractivity contribution is 6.34. The summed E-state index contributed by atoms with van der Waals surface area (Å²) < 4.78 is 17.7. The first-order valence-corrected chi connectivity index (χ1v) is 7.39. The fourth-order valence-electron chi connectivity index (χ4n) is 1.77. The first kappa shape index (κ1) is 18.6. The average molecular weight is 387 g/mol. The summed E-state index contributed by atoms with van der Waals surface area (Å²) in [4.78, 5) is 33.6. The lowest BCUT2D eigenvalue weighted by Crippen LogP contribution is -2.21. The first-order valence-electron chi connectivity index (χ1n) is 6.64. The van der Waals surface area contributed by atoms with Gasteiger partial charge < -0.3 is 10.1 Å². The molecule has 0 radical (unpaired) electrons. The van der Waals surface area contributed by atoms with E-state index in [0.717, 1.165) is 30.3 Å². The molecular weight excluding hydrogens is 378 g/mol. The predicted octanol–water partition coefficient (Wildman–Crippen LogP) is 3.84. The van der Waals surface area contributed by atoms with E-state index in [1.54, 1.807) is 0 Å². The minimum atomic E-state index is -0.930. The van der Waals surface area contributed by atoms with Crippen LogP contribution in [0.3, 0.4) is 0 Å². The number of halogens is 3. The van der Waals surface area contributed by atoms with Crippen molar-refractivity contribution in [3.63, 3.8) is 0 Å². The van der Waals surface area contributed by atoms with Crippen LogP contribution >= 0.6 is 23.2 Å². The SMILES string of the molecule is O=C(COC(=O)c1ccc([N+](=O)[O-])cc1Cl)Nc1ccc(F)cc1Cl. The fraction of sp³-hybridized carbons (Fsp3) is 0.0667. The van der Waals surface area contributed by atoms with E-state index in [4.69, 9.17) is 27.9 Å². The molecule has 2 aromatic carbocycles. The van der Waals surface area contributed by atoms with E-state index in [2.05, 4.69) is 5.32 Å². The van der Waals surface area contributed by atoms with Gasteiger partial charge >= 0.3 is 5.97 Å². The Balaban J connectivity index is 1.97. The predicted molar refractivity (Wildman–Crippen MR) is 88.4 cm³/mol. The van der Waals surface area contributed by atoms with Gasteiger partial charge in [-0.05, 0) is 24.3 Å². The number of nitro benzene ring substituents is 1. The van der Waals surface area contributed by atoms with Crippen molar-refractivity contribution in [2.24, 2.45) is 0 Å². The fourth-order valence-corrected chi connectivity index (χ4v) is 2.24. The van der Waals surface area contributed by atoms with E-state index < -0.39 is 29.2 Å². The summed E-state index contributed by atoms with van der Waals surface area (Å²) in [6.45, 7) is -0.653. The maximum atomic E-state index is 12.9. The van der Waals surface area contributed by atoms with Crippen molar-refractivity contribution in [3.05, 3.63) is 67.9 Å². The summed E-state index contributed by atoms with van der Waals surface area (Å²) in [7, 11) is 0. The summed E-state index contributed by atoms with van der Waals surface area (Å²) >= 11 is 11.5. The molecule has 0 bridgehead atoms. The number of esters is 1. The summed E-state index contributed by atoms with van der Waals surface area (Å²) in [5.41, 5.74) is -0.261. The van der Waals surface area contributed by atoms with Crippen molar-refractivity contribution in [2.45, 2.75) is 0 Å². The number of amides is 1. The van der Waals surface area contributed by atoms with E-state index >= 15 is 0 Å². The molecule has 0 aromatic heterocycles. The number of nitrogens with zero attached hydrogens (tertiary/aromatic N) is 1. The van der Waals surface area contributed by atoms with Gasteiger partial charge in [0.05, 0.1) is 26.2 Å². The maximum Gasteiger partial charge on any atom is 0.340 e. The van der Waals surface area contributed by atoms with Crippen LogP contribution in [-0.2, 0) is 9.53 Å². The molecule has 0 aliphatic rings. The minimum absolute atomic E-state index is 0.0157. The molecule has 25 heavy (non-hydrogen) atoms. The molecule has 2 rings (SSSR count). The number of benzene rings is 2. The Kier molecular flexibility index (Phi) is 5.89. The number of carbonyl (C=O) groups excluding carboxylic acids is 2. The standard InChI is InChI=1S/C15H9Cl2FN2O5/c16-11-6-9(20(23)24)2-3-10(11)15(22)25-7-14(21)19-13-4-1-8(18)5-12(13)17/h1-6H,7H2,(H,19,21). The van der Waals surface area contributed by atoms with E-state index in [1.165, 1.54) is 6.07 Å². The summed E-state index contributed by atoms with van der Waals surface area (Å²) in [5.74, 6) is -2.21. The topological polar surface area (TPSA) is 98.5 Å². The van der Waals surface area contributed by atoms with E-state index in [1.807, 2.05) is 0 Å². The average Bonchev–Trinajstić information content (AvgIpc) is 2.55. The van der Waals surface area contributed by atoms with Gasteiger partial charge in [-0.15, -0.1) is 0 Å². The Morgan fingerprint density at radius 2 is 1.88 bits per heavy atom. The highest BCUT2D eigenvalue weighted by atomic mass is 35.5. The molecule has 2 aromatic rings. The molecular formula is C15H9Cl2FN2O5. The second kappa shape index (κ2) is 7.91. The second-order valence-electron chi connectivity index (χ2n) is 4.67. The highest BCUT2D eigenvalue weighted by Crippen LogP contribution is 2.24. The molecule has 0 unspecified atom stereocenters. The van der Waals surface area contributed by atoms with Crippen LogP contribution in [0, 0.1) is 15.9 Å². The van der Waals surface area contributed by atoms with Crippen molar-refractivity contribution in [1.29, 1.82) is 0 Å². The van der Waals surface area contributed by atoms with Gasteiger partial charge in [-0.2, -0.15) is 0 Å². The van der Waals surface area contributed by atoms with Crippen LogP contribution in [0.1, 0.15) is 10.4 Å². The number of hydrogen-bond donors (Lipinski definition) is 1. The number of anilines is 1. The quantitative estimate of drug-likeness (QED) is 0.478. The molecule has 1 N–H and O–H groups in total.